The molecule has 134 valence electrons. The normalized spacial score (nSPS) is 18.4. The number of fused-ring (bicyclic) bond motifs is 1. The molecule has 8 nitrogen and oxygen atoms in total. The molecule has 2 aliphatic rings. The van der Waals surface area contributed by atoms with E-state index in [4.69, 9.17) is 4.74 Å². The van der Waals surface area contributed by atoms with Crippen LogP contribution in [0, 0.1) is 0 Å². The number of hydrogen-bond acceptors (Lipinski definition) is 7. The van der Waals surface area contributed by atoms with E-state index in [1.807, 2.05) is 18.5 Å². The first-order valence-corrected chi connectivity index (χ1v) is 9.15. The van der Waals surface area contributed by atoms with Gasteiger partial charge in [-0.15, -0.1) is 15.3 Å². The van der Waals surface area contributed by atoms with Crippen LogP contribution in [0.5, 0.6) is 5.88 Å². The fourth-order valence-corrected chi connectivity index (χ4v) is 3.61. The molecule has 0 aromatic carbocycles. The molecule has 2 fully saturated rings. The van der Waals surface area contributed by atoms with Crippen molar-refractivity contribution in [1.29, 1.82) is 0 Å². The van der Waals surface area contributed by atoms with Crippen molar-refractivity contribution in [2.45, 2.75) is 37.5 Å². The maximum Gasteiger partial charge on any atom is 0.231 e. The standard InChI is InChI=1S/C18H21N7O/c1-26-16-5-4-15-21-22-17(25(15)23-16)13-6-8-24(9-7-13)18-19-10-14(11-20-18)12-2-3-12/h4-5,10-13H,2-3,6-9H2,1H3. The summed E-state index contributed by atoms with van der Waals surface area (Å²) in [6.45, 7) is 1.82. The summed E-state index contributed by atoms with van der Waals surface area (Å²) in [5, 5.41) is 13.1. The van der Waals surface area contributed by atoms with Crippen molar-refractivity contribution >= 4 is 11.6 Å². The van der Waals surface area contributed by atoms with Gasteiger partial charge < -0.3 is 9.64 Å². The third-order valence-corrected chi connectivity index (χ3v) is 5.32. The van der Waals surface area contributed by atoms with E-state index in [1.165, 1.54) is 18.4 Å². The summed E-state index contributed by atoms with van der Waals surface area (Å²) in [6, 6.07) is 3.69. The Kier molecular flexibility index (Phi) is 3.69. The summed E-state index contributed by atoms with van der Waals surface area (Å²) in [5.41, 5.74) is 2.03. The van der Waals surface area contributed by atoms with Crippen LogP contribution in [0.25, 0.3) is 5.65 Å². The van der Waals surface area contributed by atoms with Gasteiger partial charge in [0.25, 0.3) is 0 Å². The predicted molar refractivity (Wildman–Crippen MR) is 95.5 cm³/mol. The minimum Gasteiger partial charge on any atom is -0.480 e. The fraction of sp³-hybridized carbons (Fsp3) is 0.500. The quantitative estimate of drug-likeness (QED) is 0.712. The van der Waals surface area contributed by atoms with Crippen molar-refractivity contribution in [1.82, 2.24) is 29.8 Å². The Morgan fingerprint density at radius 2 is 1.73 bits per heavy atom. The Labute approximate surface area is 151 Å². The average Bonchev–Trinajstić information content (AvgIpc) is 3.47. The van der Waals surface area contributed by atoms with Gasteiger partial charge in [0.05, 0.1) is 7.11 Å². The molecule has 0 radical (unpaired) electrons. The topological polar surface area (TPSA) is 81.3 Å². The van der Waals surface area contributed by atoms with E-state index < -0.39 is 0 Å². The van der Waals surface area contributed by atoms with E-state index >= 15 is 0 Å². The van der Waals surface area contributed by atoms with Gasteiger partial charge in [-0.2, -0.15) is 4.52 Å². The van der Waals surface area contributed by atoms with E-state index in [2.05, 4.69) is 30.2 Å². The maximum absolute atomic E-state index is 5.23. The molecule has 1 saturated heterocycles. The van der Waals surface area contributed by atoms with Crippen LogP contribution in [0.2, 0.25) is 0 Å². The summed E-state index contributed by atoms with van der Waals surface area (Å²) in [7, 11) is 1.62. The lowest BCUT2D eigenvalue weighted by Crippen LogP contribution is -2.34. The number of methoxy groups -OCH3 is 1. The van der Waals surface area contributed by atoms with Crippen LogP contribution < -0.4 is 9.64 Å². The van der Waals surface area contributed by atoms with Crippen LogP contribution in [0.3, 0.4) is 0 Å². The predicted octanol–water partition coefficient (Wildman–Crippen LogP) is 2.18. The second-order valence-electron chi connectivity index (χ2n) is 7.06. The Bertz CT molecular complexity index is 911. The van der Waals surface area contributed by atoms with Gasteiger partial charge in [0.1, 0.15) is 0 Å². The number of hydrogen-bond donors (Lipinski definition) is 0. The van der Waals surface area contributed by atoms with Crippen LogP contribution in [0.15, 0.2) is 24.5 Å². The number of nitrogens with zero attached hydrogens (tertiary/aromatic N) is 7. The molecule has 0 bridgehead atoms. The highest BCUT2D eigenvalue weighted by atomic mass is 16.5. The Morgan fingerprint density at radius 3 is 2.42 bits per heavy atom. The minimum absolute atomic E-state index is 0.326. The molecule has 0 amide bonds. The summed E-state index contributed by atoms with van der Waals surface area (Å²) in [4.78, 5) is 11.4. The van der Waals surface area contributed by atoms with Crippen molar-refractivity contribution < 1.29 is 4.74 Å². The first-order chi connectivity index (χ1) is 12.8. The number of aromatic nitrogens is 6. The first kappa shape index (κ1) is 15.5. The second-order valence-corrected chi connectivity index (χ2v) is 7.06. The van der Waals surface area contributed by atoms with Crippen molar-refractivity contribution in [2.24, 2.45) is 0 Å². The second kappa shape index (κ2) is 6.19. The molecule has 0 spiro atoms. The Morgan fingerprint density at radius 1 is 0.962 bits per heavy atom. The minimum atomic E-state index is 0.326. The molecule has 0 unspecified atom stereocenters. The molecule has 26 heavy (non-hydrogen) atoms. The van der Waals surface area contributed by atoms with Crippen LogP contribution in [0.4, 0.5) is 5.95 Å². The first-order valence-electron chi connectivity index (χ1n) is 9.15. The van der Waals surface area contributed by atoms with Crippen LogP contribution in [-0.4, -0.2) is 50.0 Å². The van der Waals surface area contributed by atoms with Crippen molar-refractivity contribution in [3.8, 4) is 5.88 Å². The van der Waals surface area contributed by atoms with E-state index in [0.717, 1.165) is 43.4 Å². The summed E-state index contributed by atoms with van der Waals surface area (Å²) >= 11 is 0. The van der Waals surface area contributed by atoms with Crippen molar-refractivity contribution in [2.75, 3.05) is 25.1 Å². The van der Waals surface area contributed by atoms with Crippen molar-refractivity contribution in [3.05, 3.63) is 35.9 Å². The highest BCUT2D eigenvalue weighted by Crippen LogP contribution is 2.39. The van der Waals surface area contributed by atoms with Gasteiger partial charge in [0.15, 0.2) is 11.5 Å². The van der Waals surface area contributed by atoms with Gasteiger partial charge in [0.2, 0.25) is 11.8 Å². The number of anilines is 1. The van der Waals surface area contributed by atoms with Gasteiger partial charge in [-0.1, -0.05) is 0 Å². The maximum atomic E-state index is 5.23. The largest absolute Gasteiger partial charge is 0.480 e. The van der Waals surface area contributed by atoms with Gasteiger partial charge >= 0.3 is 0 Å². The smallest absolute Gasteiger partial charge is 0.231 e. The zero-order valence-corrected chi connectivity index (χ0v) is 14.7. The van der Waals surface area contributed by atoms with Crippen molar-refractivity contribution in [3.63, 3.8) is 0 Å². The zero-order valence-electron chi connectivity index (χ0n) is 14.7. The third-order valence-electron chi connectivity index (χ3n) is 5.32. The Hall–Kier alpha value is -2.77. The number of ether oxygens (including phenoxy) is 1. The average molecular weight is 351 g/mol. The molecule has 0 atom stereocenters. The number of rotatable bonds is 4. The van der Waals surface area contributed by atoms with Gasteiger partial charge in [-0.3, -0.25) is 0 Å². The lowest BCUT2D eigenvalue weighted by molar-refractivity contribution is 0.386. The summed E-state index contributed by atoms with van der Waals surface area (Å²) in [6.07, 6.45) is 8.50. The van der Waals surface area contributed by atoms with E-state index in [9.17, 15) is 0 Å². The lowest BCUT2D eigenvalue weighted by atomic mass is 9.96. The molecular formula is C18H21N7O. The molecule has 8 heteroatoms. The van der Waals surface area contributed by atoms with Gasteiger partial charge in [0, 0.05) is 37.5 Å². The molecule has 0 N–H and O–H groups in total. The molecular weight excluding hydrogens is 330 g/mol. The monoisotopic (exact) mass is 351 g/mol. The molecule has 5 rings (SSSR count). The van der Waals surface area contributed by atoms with Crippen LogP contribution in [0.1, 0.15) is 48.9 Å². The van der Waals surface area contributed by atoms with E-state index in [1.54, 1.807) is 17.7 Å². The van der Waals surface area contributed by atoms with E-state index in [0.29, 0.717) is 17.7 Å². The fourth-order valence-electron chi connectivity index (χ4n) is 3.61. The SMILES string of the molecule is COc1ccc2nnc(C3CCN(c4ncc(C5CC5)cn4)CC3)n2n1. The van der Waals surface area contributed by atoms with Gasteiger partial charge in [-0.05, 0) is 43.2 Å². The molecule has 1 aliphatic carbocycles. The molecule has 3 aromatic heterocycles. The highest BCUT2D eigenvalue weighted by molar-refractivity contribution is 5.38. The molecule has 3 aromatic rings. The van der Waals surface area contributed by atoms with Crippen LogP contribution >= 0.6 is 0 Å². The lowest BCUT2D eigenvalue weighted by Gasteiger charge is -2.31. The zero-order chi connectivity index (χ0) is 17.5. The van der Waals surface area contributed by atoms with Crippen LogP contribution in [-0.2, 0) is 0 Å². The Balaban J connectivity index is 1.30. The third kappa shape index (κ3) is 2.75. The summed E-state index contributed by atoms with van der Waals surface area (Å²) in [5.74, 6) is 3.33. The van der Waals surface area contributed by atoms with Gasteiger partial charge in [-0.25, -0.2) is 9.97 Å². The number of piperidine rings is 1. The molecule has 1 saturated carbocycles. The summed E-state index contributed by atoms with van der Waals surface area (Å²) < 4.78 is 7.03. The molecule has 1 aliphatic heterocycles. The molecule has 4 heterocycles. The van der Waals surface area contributed by atoms with E-state index in [-0.39, 0.29) is 0 Å². The highest BCUT2D eigenvalue weighted by Gasteiger charge is 2.27.